The van der Waals surface area contributed by atoms with E-state index in [4.69, 9.17) is 0 Å². The Morgan fingerprint density at radius 1 is 1.25 bits per heavy atom. The lowest BCUT2D eigenvalue weighted by atomic mass is 10.1. The van der Waals surface area contributed by atoms with Crippen molar-refractivity contribution < 1.29 is 4.79 Å². The van der Waals surface area contributed by atoms with Gasteiger partial charge >= 0.3 is 0 Å². The summed E-state index contributed by atoms with van der Waals surface area (Å²) < 4.78 is 1.69. The Morgan fingerprint density at radius 2 is 2.00 bits per heavy atom. The Morgan fingerprint density at radius 3 is 2.75 bits per heavy atom. The molecule has 0 saturated heterocycles. The number of carbonyl (C=O) groups is 1. The highest BCUT2D eigenvalue weighted by Crippen LogP contribution is 2.19. The van der Waals surface area contributed by atoms with Crippen molar-refractivity contribution in [3.05, 3.63) is 59.0 Å². The molecule has 3 rings (SSSR count). The summed E-state index contributed by atoms with van der Waals surface area (Å²) in [6.45, 7) is 4.61. The van der Waals surface area contributed by atoms with Crippen molar-refractivity contribution in [2.24, 2.45) is 0 Å². The predicted molar refractivity (Wildman–Crippen MR) is 94.2 cm³/mol. The molecule has 2 heterocycles. The van der Waals surface area contributed by atoms with E-state index in [1.165, 1.54) is 0 Å². The Kier molecular flexibility index (Phi) is 4.31. The Labute approximate surface area is 141 Å². The molecule has 2 aromatic heterocycles. The molecule has 0 aliphatic rings. The number of amides is 1. The number of fused-ring (bicyclic) bond motifs is 1. The first-order valence-corrected chi connectivity index (χ1v) is 7.81. The number of anilines is 1. The molecule has 0 bridgehead atoms. The number of aryl methyl sites for hydroxylation is 2. The fraction of sp³-hybridized carbons (Fsp3) is 0.278. The van der Waals surface area contributed by atoms with E-state index in [-0.39, 0.29) is 5.91 Å². The summed E-state index contributed by atoms with van der Waals surface area (Å²) in [6.07, 6.45) is 1.57. The van der Waals surface area contributed by atoms with Crippen LogP contribution in [0.15, 0.2) is 36.5 Å². The van der Waals surface area contributed by atoms with Gasteiger partial charge in [-0.2, -0.15) is 5.10 Å². The zero-order chi connectivity index (χ0) is 17.3. The van der Waals surface area contributed by atoms with Gasteiger partial charge in [0.05, 0.1) is 6.20 Å². The van der Waals surface area contributed by atoms with Gasteiger partial charge in [-0.1, -0.05) is 18.2 Å². The third-order valence-electron chi connectivity index (χ3n) is 3.77. The summed E-state index contributed by atoms with van der Waals surface area (Å²) in [7, 11) is 4.00. The standard InChI is InChI=1S/C18H21N5O/c1-12-9-13(2)23-17(20-12)15(10-19-23)18(24)21-16-8-6-5-7-14(16)11-22(3)4/h5-10H,11H2,1-4H3,(H,21,24). The van der Waals surface area contributed by atoms with Crippen LogP contribution in [0.4, 0.5) is 5.69 Å². The molecule has 0 spiro atoms. The maximum atomic E-state index is 12.7. The third-order valence-corrected chi connectivity index (χ3v) is 3.77. The number of benzene rings is 1. The van der Waals surface area contributed by atoms with Crippen molar-refractivity contribution in [2.75, 3.05) is 19.4 Å². The van der Waals surface area contributed by atoms with Crippen molar-refractivity contribution >= 4 is 17.2 Å². The Hall–Kier alpha value is -2.73. The lowest BCUT2D eigenvalue weighted by molar-refractivity contribution is 0.102. The fourth-order valence-corrected chi connectivity index (χ4v) is 2.74. The summed E-state index contributed by atoms with van der Waals surface area (Å²) in [6, 6.07) is 9.74. The van der Waals surface area contributed by atoms with Gasteiger partial charge in [-0.05, 0) is 45.6 Å². The normalized spacial score (nSPS) is 11.2. The zero-order valence-electron chi connectivity index (χ0n) is 14.4. The molecular weight excluding hydrogens is 302 g/mol. The zero-order valence-corrected chi connectivity index (χ0v) is 14.4. The lowest BCUT2D eigenvalue weighted by Crippen LogP contribution is -2.17. The first-order valence-electron chi connectivity index (χ1n) is 7.81. The summed E-state index contributed by atoms with van der Waals surface area (Å²) in [5.41, 5.74) is 4.73. The molecule has 124 valence electrons. The second-order valence-corrected chi connectivity index (χ2v) is 6.18. The lowest BCUT2D eigenvalue weighted by Gasteiger charge is -2.14. The average Bonchev–Trinajstić information content (AvgIpc) is 2.92. The molecule has 0 saturated carbocycles. The van der Waals surface area contributed by atoms with E-state index in [1.807, 2.05) is 58.3 Å². The van der Waals surface area contributed by atoms with Gasteiger partial charge in [0.25, 0.3) is 5.91 Å². The molecule has 1 N–H and O–H groups in total. The number of nitrogens with zero attached hydrogens (tertiary/aromatic N) is 4. The van der Waals surface area contributed by atoms with Crippen molar-refractivity contribution in [3.63, 3.8) is 0 Å². The second-order valence-electron chi connectivity index (χ2n) is 6.18. The number of hydrogen-bond acceptors (Lipinski definition) is 4. The van der Waals surface area contributed by atoms with E-state index >= 15 is 0 Å². The summed E-state index contributed by atoms with van der Waals surface area (Å²) in [5, 5.41) is 7.27. The van der Waals surface area contributed by atoms with Crippen LogP contribution in [0, 0.1) is 13.8 Å². The number of rotatable bonds is 4. The molecule has 1 aromatic carbocycles. The molecule has 6 heteroatoms. The van der Waals surface area contributed by atoms with Gasteiger partial charge in [0, 0.05) is 23.6 Å². The van der Waals surface area contributed by atoms with Gasteiger partial charge in [-0.15, -0.1) is 0 Å². The van der Waals surface area contributed by atoms with Gasteiger partial charge in [0.1, 0.15) is 5.56 Å². The molecule has 0 radical (unpaired) electrons. The van der Waals surface area contributed by atoms with Crippen LogP contribution in [0.5, 0.6) is 0 Å². The maximum absolute atomic E-state index is 12.7. The van der Waals surface area contributed by atoms with E-state index in [1.54, 1.807) is 10.7 Å². The minimum atomic E-state index is -0.200. The van der Waals surface area contributed by atoms with Crippen LogP contribution >= 0.6 is 0 Å². The summed E-state index contributed by atoms with van der Waals surface area (Å²) in [5.74, 6) is -0.200. The molecule has 1 amide bonds. The maximum Gasteiger partial charge on any atom is 0.261 e. The van der Waals surface area contributed by atoms with Crippen molar-refractivity contribution in [3.8, 4) is 0 Å². The van der Waals surface area contributed by atoms with Crippen LogP contribution in [0.1, 0.15) is 27.3 Å². The number of carbonyl (C=O) groups excluding carboxylic acids is 1. The van der Waals surface area contributed by atoms with Gasteiger partial charge in [0.2, 0.25) is 0 Å². The Balaban J connectivity index is 1.94. The molecule has 0 aliphatic carbocycles. The van der Waals surface area contributed by atoms with E-state index in [0.29, 0.717) is 11.2 Å². The quantitative estimate of drug-likeness (QED) is 0.802. The molecule has 24 heavy (non-hydrogen) atoms. The number of nitrogens with one attached hydrogen (secondary N) is 1. The van der Waals surface area contributed by atoms with E-state index in [9.17, 15) is 4.79 Å². The van der Waals surface area contributed by atoms with Crippen molar-refractivity contribution in [1.82, 2.24) is 19.5 Å². The molecular formula is C18H21N5O. The van der Waals surface area contributed by atoms with Crippen LogP contribution in [-0.4, -0.2) is 39.5 Å². The molecule has 3 aromatic rings. The van der Waals surface area contributed by atoms with Gasteiger partial charge < -0.3 is 10.2 Å². The molecule has 0 unspecified atom stereocenters. The van der Waals surface area contributed by atoms with Crippen LogP contribution in [0.2, 0.25) is 0 Å². The topological polar surface area (TPSA) is 62.5 Å². The number of aromatic nitrogens is 3. The summed E-state index contributed by atoms with van der Waals surface area (Å²) in [4.78, 5) is 19.3. The van der Waals surface area contributed by atoms with E-state index < -0.39 is 0 Å². The highest BCUT2D eigenvalue weighted by Gasteiger charge is 2.16. The fourth-order valence-electron chi connectivity index (χ4n) is 2.74. The summed E-state index contributed by atoms with van der Waals surface area (Å²) >= 11 is 0. The van der Waals surface area contributed by atoms with Gasteiger partial charge in [-0.25, -0.2) is 9.50 Å². The van der Waals surface area contributed by atoms with Crippen LogP contribution < -0.4 is 5.32 Å². The third kappa shape index (κ3) is 3.14. The van der Waals surface area contributed by atoms with E-state index in [0.717, 1.165) is 29.2 Å². The van der Waals surface area contributed by atoms with Gasteiger partial charge in [0.15, 0.2) is 5.65 Å². The monoisotopic (exact) mass is 323 g/mol. The van der Waals surface area contributed by atoms with Gasteiger partial charge in [-0.3, -0.25) is 4.79 Å². The predicted octanol–water partition coefficient (Wildman–Crippen LogP) is 2.66. The second kappa shape index (κ2) is 6.41. The highest BCUT2D eigenvalue weighted by molar-refractivity contribution is 6.08. The Bertz CT molecular complexity index is 898. The van der Waals surface area contributed by atoms with Crippen molar-refractivity contribution in [2.45, 2.75) is 20.4 Å². The van der Waals surface area contributed by atoms with Crippen LogP contribution in [0.3, 0.4) is 0 Å². The smallest absolute Gasteiger partial charge is 0.261 e. The van der Waals surface area contributed by atoms with Crippen LogP contribution in [-0.2, 0) is 6.54 Å². The molecule has 0 aliphatic heterocycles. The molecule has 6 nitrogen and oxygen atoms in total. The van der Waals surface area contributed by atoms with Crippen LogP contribution in [0.25, 0.3) is 5.65 Å². The van der Waals surface area contributed by atoms with E-state index in [2.05, 4.69) is 20.3 Å². The first kappa shape index (κ1) is 16.1. The minimum absolute atomic E-state index is 0.200. The molecule has 0 fully saturated rings. The minimum Gasteiger partial charge on any atom is -0.322 e. The highest BCUT2D eigenvalue weighted by atomic mass is 16.1. The largest absolute Gasteiger partial charge is 0.322 e. The number of hydrogen-bond donors (Lipinski definition) is 1. The SMILES string of the molecule is Cc1cc(C)n2ncc(C(=O)Nc3ccccc3CN(C)C)c2n1. The number of para-hydroxylation sites is 1. The average molecular weight is 323 g/mol. The molecule has 0 atom stereocenters. The van der Waals surface area contributed by atoms with Crippen molar-refractivity contribution in [1.29, 1.82) is 0 Å². The first-order chi connectivity index (χ1) is 11.5.